The van der Waals surface area contributed by atoms with E-state index in [4.69, 9.17) is 9.47 Å². The molecule has 0 saturated heterocycles. The minimum Gasteiger partial charge on any atom is -0.463 e. The zero-order valence-electron chi connectivity index (χ0n) is 18.5. The number of allylic oxidation sites excluding steroid dienone is 2. The first-order valence-electron chi connectivity index (χ1n) is 11.2. The van der Waals surface area contributed by atoms with Crippen LogP contribution in [0, 0.1) is 0 Å². The molecule has 0 amide bonds. The normalized spacial score (nSPS) is 11.4. The van der Waals surface area contributed by atoms with Gasteiger partial charge in [0.25, 0.3) is 0 Å². The van der Waals surface area contributed by atoms with E-state index in [1.807, 2.05) is 36.4 Å². The number of hydrogen-bond acceptors (Lipinski definition) is 4. The molecule has 32 heavy (non-hydrogen) atoms. The Morgan fingerprint density at radius 3 is 1.41 bits per heavy atom. The van der Waals surface area contributed by atoms with Gasteiger partial charge in [0.2, 0.25) is 0 Å². The summed E-state index contributed by atoms with van der Waals surface area (Å²) in [4.78, 5) is 23.3. The van der Waals surface area contributed by atoms with Crippen molar-refractivity contribution in [3.8, 4) is 0 Å². The van der Waals surface area contributed by atoms with E-state index in [1.165, 1.54) is 11.1 Å². The minimum absolute atomic E-state index is 0.341. The molecule has 0 atom stereocenters. The lowest BCUT2D eigenvalue weighted by Crippen LogP contribution is -2.06. The molecule has 0 heterocycles. The van der Waals surface area contributed by atoms with Crippen LogP contribution in [0.1, 0.15) is 49.7 Å². The van der Waals surface area contributed by atoms with Crippen molar-refractivity contribution in [2.45, 2.75) is 38.5 Å². The Hall–Kier alpha value is -3.40. The highest BCUT2D eigenvalue weighted by molar-refractivity contribution is 5.91. The number of ether oxygens (including phenoxy) is 2. The number of unbranched alkanes of at least 4 members (excludes halogenated alkanes) is 4. The van der Waals surface area contributed by atoms with E-state index < -0.39 is 11.9 Å². The van der Waals surface area contributed by atoms with E-state index in [9.17, 15) is 9.59 Å². The highest BCUT2D eigenvalue weighted by Crippen LogP contribution is 2.06. The fourth-order valence-electron chi connectivity index (χ4n) is 2.87. The summed E-state index contributed by atoms with van der Waals surface area (Å²) < 4.78 is 10.2. The first-order valence-corrected chi connectivity index (χ1v) is 11.2. The molecule has 0 fully saturated rings. The van der Waals surface area contributed by atoms with E-state index in [0.29, 0.717) is 13.2 Å². The van der Waals surface area contributed by atoms with Gasteiger partial charge in [0.15, 0.2) is 0 Å². The molecule has 0 N–H and O–H groups in total. The van der Waals surface area contributed by atoms with Gasteiger partial charge in [-0.15, -0.1) is 0 Å². The molecule has 0 aliphatic carbocycles. The number of hydrogen-bond donors (Lipinski definition) is 0. The molecule has 0 bridgehead atoms. The van der Waals surface area contributed by atoms with Gasteiger partial charge < -0.3 is 9.47 Å². The quantitative estimate of drug-likeness (QED) is 0.197. The van der Waals surface area contributed by atoms with Crippen LogP contribution in [0.15, 0.2) is 85.0 Å². The zero-order valence-corrected chi connectivity index (χ0v) is 18.5. The van der Waals surface area contributed by atoms with Gasteiger partial charge in [-0.2, -0.15) is 0 Å². The van der Waals surface area contributed by atoms with Gasteiger partial charge >= 0.3 is 11.9 Å². The van der Waals surface area contributed by atoms with Crippen LogP contribution in [-0.4, -0.2) is 25.2 Å². The number of carbonyl (C=O) groups is 2. The molecular weight excluding hydrogens is 400 g/mol. The molecule has 4 heteroatoms. The van der Waals surface area contributed by atoms with E-state index in [-0.39, 0.29) is 0 Å². The predicted octanol–water partition coefficient (Wildman–Crippen LogP) is 6.40. The lowest BCUT2D eigenvalue weighted by atomic mass is 10.2. The highest BCUT2D eigenvalue weighted by atomic mass is 16.5. The molecule has 0 saturated carbocycles. The van der Waals surface area contributed by atoms with Crippen LogP contribution in [0.25, 0.3) is 12.2 Å². The van der Waals surface area contributed by atoms with Crippen LogP contribution in [0.5, 0.6) is 0 Å². The Bertz CT molecular complexity index is 793. The van der Waals surface area contributed by atoms with Crippen LogP contribution in [0.3, 0.4) is 0 Å². The van der Waals surface area contributed by atoms with Crippen molar-refractivity contribution < 1.29 is 19.1 Å². The maximum atomic E-state index is 11.6. The Morgan fingerprint density at radius 1 is 0.594 bits per heavy atom. The van der Waals surface area contributed by atoms with Gasteiger partial charge in [-0.05, 0) is 49.7 Å². The maximum absolute atomic E-state index is 11.6. The van der Waals surface area contributed by atoms with E-state index in [0.717, 1.165) is 50.7 Å². The monoisotopic (exact) mass is 432 g/mol. The summed E-state index contributed by atoms with van der Waals surface area (Å²) >= 11 is 0. The van der Waals surface area contributed by atoms with Crippen molar-refractivity contribution in [3.63, 3.8) is 0 Å². The molecule has 0 aliphatic rings. The van der Waals surface area contributed by atoms with Crippen LogP contribution < -0.4 is 0 Å². The molecule has 0 aliphatic heterocycles. The van der Waals surface area contributed by atoms with Gasteiger partial charge in [0.05, 0.1) is 13.2 Å². The molecule has 2 aromatic carbocycles. The molecule has 0 radical (unpaired) electrons. The summed E-state index contributed by atoms with van der Waals surface area (Å²) in [5.41, 5.74) is 2.35. The highest BCUT2D eigenvalue weighted by Gasteiger charge is 2.01. The van der Waals surface area contributed by atoms with E-state index in [1.54, 1.807) is 0 Å². The fourth-order valence-corrected chi connectivity index (χ4v) is 2.87. The topological polar surface area (TPSA) is 52.6 Å². The van der Waals surface area contributed by atoms with Gasteiger partial charge in [0, 0.05) is 12.2 Å². The van der Waals surface area contributed by atoms with Gasteiger partial charge in [-0.3, -0.25) is 0 Å². The molecular formula is C28H32O4. The molecule has 0 unspecified atom stereocenters. The van der Waals surface area contributed by atoms with Crippen LogP contribution >= 0.6 is 0 Å². The molecule has 168 valence electrons. The summed E-state index contributed by atoms with van der Waals surface area (Å²) in [6.45, 7) is 0.682. The maximum Gasteiger partial charge on any atom is 0.331 e. The third-order valence-electron chi connectivity index (χ3n) is 4.59. The third-order valence-corrected chi connectivity index (χ3v) is 4.59. The molecule has 0 aromatic heterocycles. The van der Waals surface area contributed by atoms with Gasteiger partial charge in [0.1, 0.15) is 0 Å². The number of rotatable bonds is 14. The largest absolute Gasteiger partial charge is 0.463 e. The summed E-state index contributed by atoms with van der Waals surface area (Å²) in [7, 11) is 0. The first kappa shape index (κ1) is 24.9. The number of esters is 2. The van der Waals surface area contributed by atoms with Crippen molar-refractivity contribution in [1.82, 2.24) is 0 Å². The number of carbonyl (C=O) groups excluding carboxylic acids is 2. The Balaban J connectivity index is 1.44. The summed E-state index contributed by atoms with van der Waals surface area (Å²) in [5.74, 6) is -1.04. The average molecular weight is 433 g/mol. The van der Waals surface area contributed by atoms with Crippen molar-refractivity contribution in [2.24, 2.45) is 0 Å². The van der Waals surface area contributed by atoms with Crippen LogP contribution in [-0.2, 0) is 19.1 Å². The van der Waals surface area contributed by atoms with Crippen LogP contribution in [0.2, 0.25) is 0 Å². The zero-order chi connectivity index (χ0) is 22.7. The van der Waals surface area contributed by atoms with Crippen molar-refractivity contribution in [1.29, 1.82) is 0 Å². The Kier molecular flexibility index (Phi) is 12.7. The van der Waals surface area contributed by atoms with E-state index >= 15 is 0 Å². The SMILES string of the molecule is O=C(/C=C\C(=O)OCCCCC=Cc1ccccc1)OCCCCC=Cc1ccccc1. The average Bonchev–Trinajstić information content (AvgIpc) is 2.83. The standard InChI is InChI=1S/C28H32O4/c29-27(31-23-13-3-1-7-15-25-17-9-5-10-18-25)21-22-28(30)32-24-14-4-2-8-16-26-19-11-6-12-20-26/h5-12,15-22H,1-4,13-14,23-24H2/b15-7?,16-8?,22-21-. The third kappa shape index (κ3) is 12.3. The van der Waals surface area contributed by atoms with Gasteiger partial charge in [-0.25, -0.2) is 9.59 Å². The summed E-state index contributed by atoms with van der Waals surface area (Å²) in [6.07, 6.45) is 15.9. The smallest absolute Gasteiger partial charge is 0.331 e. The lowest BCUT2D eigenvalue weighted by molar-refractivity contribution is -0.140. The predicted molar refractivity (Wildman–Crippen MR) is 130 cm³/mol. The van der Waals surface area contributed by atoms with Crippen molar-refractivity contribution in [2.75, 3.05) is 13.2 Å². The second kappa shape index (κ2) is 16.3. The second-order valence-electron chi connectivity index (χ2n) is 7.29. The van der Waals surface area contributed by atoms with Crippen LogP contribution in [0.4, 0.5) is 0 Å². The van der Waals surface area contributed by atoms with Crippen molar-refractivity contribution >= 4 is 24.1 Å². The van der Waals surface area contributed by atoms with Crippen molar-refractivity contribution in [3.05, 3.63) is 96.1 Å². The van der Waals surface area contributed by atoms with E-state index in [2.05, 4.69) is 48.6 Å². The fraction of sp³-hybridized carbons (Fsp3) is 0.286. The molecule has 2 rings (SSSR count). The van der Waals surface area contributed by atoms with Gasteiger partial charge in [-0.1, -0.05) is 85.0 Å². The molecule has 4 nitrogen and oxygen atoms in total. The second-order valence-corrected chi connectivity index (χ2v) is 7.29. The molecule has 2 aromatic rings. The number of benzene rings is 2. The Morgan fingerprint density at radius 2 is 1.00 bits per heavy atom. The lowest BCUT2D eigenvalue weighted by Gasteiger charge is -2.02. The summed E-state index contributed by atoms with van der Waals surface area (Å²) in [6, 6.07) is 20.2. The Labute approximate surface area is 191 Å². The first-order chi connectivity index (χ1) is 15.7. The molecule has 0 spiro atoms. The summed E-state index contributed by atoms with van der Waals surface area (Å²) in [5, 5.41) is 0. The minimum atomic E-state index is -0.521.